The van der Waals surface area contributed by atoms with E-state index in [4.69, 9.17) is 19.3 Å². The van der Waals surface area contributed by atoms with Crippen molar-refractivity contribution >= 4 is 23.9 Å². The highest BCUT2D eigenvalue weighted by atomic mass is 16.7. The van der Waals surface area contributed by atoms with E-state index in [1.54, 1.807) is 6.92 Å². The number of carbonyl (C=O) groups excluding carboxylic acids is 2. The van der Waals surface area contributed by atoms with Crippen LogP contribution in [0.15, 0.2) is 34.9 Å². The van der Waals surface area contributed by atoms with Gasteiger partial charge in [0.2, 0.25) is 6.29 Å². The normalized spacial score (nSPS) is 19.9. The van der Waals surface area contributed by atoms with Crippen molar-refractivity contribution in [2.45, 2.75) is 220 Å². The molecule has 3 rings (SSSR count). The van der Waals surface area contributed by atoms with Crippen LogP contribution < -0.4 is 0 Å². The van der Waals surface area contributed by atoms with Gasteiger partial charge in [-0.2, -0.15) is 0 Å². The van der Waals surface area contributed by atoms with E-state index in [1.165, 1.54) is 179 Å². The predicted molar refractivity (Wildman–Crippen MR) is 232 cm³/mol. The van der Waals surface area contributed by atoms with Crippen molar-refractivity contribution in [1.29, 1.82) is 0 Å². The zero-order valence-electron chi connectivity index (χ0n) is 37.0. The van der Waals surface area contributed by atoms with Crippen molar-refractivity contribution in [2.75, 3.05) is 13.2 Å². The fourth-order valence-corrected chi connectivity index (χ4v) is 9.05. The number of ether oxygens (including phenoxy) is 3. The molecule has 3 aliphatic rings. The summed E-state index contributed by atoms with van der Waals surface area (Å²) in [6.07, 6.45) is 36.6. The van der Waals surface area contributed by atoms with Crippen molar-refractivity contribution in [3.63, 3.8) is 0 Å². The Kier molecular flexibility index (Phi) is 28.2. The number of hydrogen-bond acceptors (Lipinski definition) is 7. The largest absolute Gasteiger partial charge is 0.478 e. The Morgan fingerprint density at radius 3 is 1.38 bits per heavy atom. The molecule has 1 atom stereocenters. The Morgan fingerprint density at radius 1 is 0.621 bits per heavy atom. The molecule has 0 radical (unpaired) electrons. The lowest BCUT2D eigenvalue weighted by Gasteiger charge is -2.34. The van der Waals surface area contributed by atoms with Gasteiger partial charge in [-0.05, 0) is 83.0 Å². The third-order valence-corrected chi connectivity index (χ3v) is 12.3. The minimum Gasteiger partial charge on any atom is -0.478 e. The van der Waals surface area contributed by atoms with Gasteiger partial charge in [0.1, 0.15) is 0 Å². The number of allylic oxidation sites excluding steroid dienone is 2. The van der Waals surface area contributed by atoms with Crippen molar-refractivity contribution in [3.05, 3.63) is 34.9 Å². The minimum atomic E-state index is -1.06. The second kappa shape index (κ2) is 31.9. The molecular formula is C49H82O9. The summed E-state index contributed by atoms with van der Waals surface area (Å²) in [6.45, 7) is 8.57. The molecule has 0 aromatic rings. The van der Waals surface area contributed by atoms with Gasteiger partial charge in [0.15, 0.2) is 6.61 Å². The molecule has 0 aromatic carbocycles. The molecule has 0 saturated heterocycles. The fourth-order valence-electron chi connectivity index (χ4n) is 9.05. The first-order valence-corrected chi connectivity index (χ1v) is 23.6. The lowest BCUT2D eigenvalue weighted by Crippen LogP contribution is -2.28. The maximum Gasteiger partial charge on any atom is 0.333 e. The maximum absolute atomic E-state index is 13.2. The summed E-state index contributed by atoms with van der Waals surface area (Å²) in [5.74, 6) is -1.38. The van der Waals surface area contributed by atoms with E-state index < -0.39 is 30.2 Å². The van der Waals surface area contributed by atoms with Gasteiger partial charge in [0.05, 0.1) is 0 Å². The highest BCUT2D eigenvalue weighted by Crippen LogP contribution is 2.42. The highest BCUT2D eigenvalue weighted by Gasteiger charge is 2.32. The minimum absolute atomic E-state index is 0.0614. The molecule has 0 amide bonds. The lowest BCUT2D eigenvalue weighted by atomic mass is 9.71. The second-order valence-corrected chi connectivity index (χ2v) is 17.1. The first kappa shape index (κ1) is 51.2. The quantitative estimate of drug-likeness (QED) is 0.0940. The molecule has 0 heterocycles. The summed E-state index contributed by atoms with van der Waals surface area (Å²) in [6, 6.07) is 0. The van der Waals surface area contributed by atoms with Crippen LogP contribution in [0.3, 0.4) is 0 Å². The van der Waals surface area contributed by atoms with Crippen LogP contribution in [0.4, 0.5) is 0 Å². The molecule has 58 heavy (non-hydrogen) atoms. The van der Waals surface area contributed by atoms with Crippen LogP contribution in [0, 0.1) is 17.8 Å². The van der Waals surface area contributed by atoms with E-state index in [-0.39, 0.29) is 30.6 Å². The molecular weight excluding hydrogens is 733 g/mol. The number of hydrogen-bond donors (Lipinski definition) is 2. The summed E-state index contributed by atoms with van der Waals surface area (Å²) in [7, 11) is 0. The molecule has 332 valence electrons. The van der Waals surface area contributed by atoms with Gasteiger partial charge >= 0.3 is 23.9 Å². The second-order valence-electron chi connectivity index (χ2n) is 17.1. The van der Waals surface area contributed by atoms with E-state index in [2.05, 4.69) is 6.58 Å². The third-order valence-electron chi connectivity index (χ3n) is 12.3. The number of carbonyl (C=O) groups is 4. The fraction of sp³-hybridized carbons (Fsp3) is 0.796. The van der Waals surface area contributed by atoms with Gasteiger partial charge in [-0.1, -0.05) is 160 Å². The number of rotatable bonds is 15. The van der Waals surface area contributed by atoms with Crippen molar-refractivity contribution in [1.82, 2.24) is 0 Å². The monoisotopic (exact) mass is 815 g/mol. The first-order valence-electron chi connectivity index (χ1n) is 23.6. The third kappa shape index (κ3) is 21.9. The Bertz CT molecular complexity index is 1210. The number of aliphatic carboxylic acids is 2. The van der Waals surface area contributed by atoms with Gasteiger partial charge in [-0.3, -0.25) is 4.79 Å². The standard InChI is InChI=1S/C33H58O2.C16H24O7/c34-33(35)32(30-26-20-14-8-3-9-15-21-27-30)31(28-22-16-10-4-1-5-11-17-23-28)29-24-18-12-6-2-7-13-19-25-29;1-5-7-13(17)23-14(21-6-2)10-22-16(20)12(4)9-8-11(3)15(18)19/h28-30H,1-27H2,(H,34,35);8,14H,4-7,9-10H2,1-3H3,(H,18,19). The van der Waals surface area contributed by atoms with E-state index in [1.807, 2.05) is 6.92 Å². The van der Waals surface area contributed by atoms with Crippen LogP contribution in [0.25, 0.3) is 0 Å². The first-order chi connectivity index (χ1) is 28.1. The van der Waals surface area contributed by atoms with Crippen LogP contribution in [0.1, 0.15) is 213 Å². The van der Waals surface area contributed by atoms with E-state index in [0.29, 0.717) is 30.8 Å². The van der Waals surface area contributed by atoms with E-state index in [9.17, 15) is 24.3 Å². The number of carboxylic acid groups (broad SMARTS) is 2. The average Bonchev–Trinajstić information content (AvgIpc) is 3.21. The van der Waals surface area contributed by atoms with Crippen LogP contribution in [-0.4, -0.2) is 53.6 Å². The van der Waals surface area contributed by atoms with Crippen LogP contribution in [0.2, 0.25) is 0 Å². The van der Waals surface area contributed by atoms with Crippen LogP contribution in [-0.2, 0) is 33.4 Å². The van der Waals surface area contributed by atoms with Crippen LogP contribution in [0.5, 0.6) is 0 Å². The lowest BCUT2D eigenvalue weighted by molar-refractivity contribution is -0.192. The summed E-state index contributed by atoms with van der Waals surface area (Å²) >= 11 is 0. The SMILES string of the molecule is C=C(CC=C(C)C(=O)O)C(=O)OCC(OCC)OC(=O)CCC.O=C(O)C(=C(C1CCCCCCCCC1)C1CCCCCCCCC1)C1CCCCCCCCC1. The summed E-state index contributed by atoms with van der Waals surface area (Å²) in [4.78, 5) is 47.0. The molecule has 0 spiro atoms. The number of carboxylic acids is 2. The molecule has 9 nitrogen and oxygen atoms in total. The molecule has 0 aromatic heterocycles. The topological polar surface area (TPSA) is 136 Å². The predicted octanol–water partition coefficient (Wildman–Crippen LogP) is 13.0. The number of esters is 2. The summed E-state index contributed by atoms with van der Waals surface area (Å²) in [5.41, 5.74) is 2.63. The smallest absolute Gasteiger partial charge is 0.333 e. The van der Waals surface area contributed by atoms with Gasteiger partial charge in [0, 0.05) is 29.7 Å². The van der Waals surface area contributed by atoms with Crippen molar-refractivity contribution in [2.24, 2.45) is 17.8 Å². The summed E-state index contributed by atoms with van der Waals surface area (Å²) in [5, 5.41) is 19.6. The highest BCUT2D eigenvalue weighted by molar-refractivity contribution is 5.89. The van der Waals surface area contributed by atoms with Gasteiger partial charge in [-0.15, -0.1) is 0 Å². The molecule has 1 unspecified atom stereocenters. The Morgan fingerprint density at radius 2 is 1.02 bits per heavy atom. The molecule has 3 saturated carbocycles. The average molecular weight is 815 g/mol. The van der Waals surface area contributed by atoms with Crippen molar-refractivity contribution in [3.8, 4) is 0 Å². The zero-order valence-corrected chi connectivity index (χ0v) is 37.0. The summed E-state index contributed by atoms with van der Waals surface area (Å²) < 4.78 is 15.2. The Hall–Kier alpha value is -2.94. The molecule has 3 aliphatic carbocycles. The molecule has 0 aliphatic heterocycles. The molecule has 2 N–H and O–H groups in total. The van der Waals surface area contributed by atoms with Crippen molar-refractivity contribution < 1.29 is 43.6 Å². The van der Waals surface area contributed by atoms with E-state index >= 15 is 0 Å². The zero-order chi connectivity index (χ0) is 42.4. The molecule has 0 bridgehead atoms. The molecule has 9 heteroatoms. The van der Waals surface area contributed by atoms with Crippen LogP contribution >= 0.6 is 0 Å². The van der Waals surface area contributed by atoms with Gasteiger partial charge in [-0.25, -0.2) is 14.4 Å². The Labute approximate surface area is 352 Å². The Balaban J connectivity index is 0.000000440. The maximum atomic E-state index is 13.2. The van der Waals surface area contributed by atoms with Gasteiger partial charge < -0.3 is 24.4 Å². The van der Waals surface area contributed by atoms with Gasteiger partial charge in [0.25, 0.3) is 0 Å². The molecule has 3 fully saturated rings. The van der Waals surface area contributed by atoms with E-state index in [0.717, 1.165) is 18.4 Å².